The van der Waals surface area contributed by atoms with E-state index in [-0.39, 0.29) is 22.8 Å². The van der Waals surface area contributed by atoms with Gasteiger partial charge in [-0.2, -0.15) is 0 Å². The van der Waals surface area contributed by atoms with Gasteiger partial charge < -0.3 is 9.64 Å². The molecule has 1 amide bonds. The van der Waals surface area contributed by atoms with Crippen LogP contribution in [0.3, 0.4) is 0 Å². The van der Waals surface area contributed by atoms with Crippen LogP contribution in [0, 0.1) is 0 Å². The molecule has 1 atom stereocenters. The third-order valence-electron chi connectivity index (χ3n) is 4.53. The predicted molar refractivity (Wildman–Crippen MR) is 99.5 cm³/mol. The van der Waals surface area contributed by atoms with E-state index in [0.29, 0.717) is 11.6 Å². The maximum atomic E-state index is 13.1. The smallest absolute Gasteiger partial charge is 0.274 e. The maximum absolute atomic E-state index is 13.1. The molecule has 0 bridgehead atoms. The number of carbonyl (C=O) groups is 1. The van der Waals surface area contributed by atoms with Gasteiger partial charge in [-0.25, -0.2) is 4.98 Å². The van der Waals surface area contributed by atoms with Crippen molar-refractivity contribution in [1.82, 2.24) is 9.88 Å². The number of rotatable bonds is 3. The van der Waals surface area contributed by atoms with E-state index in [2.05, 4.69) is 4.98 Å². The summed E-state index contributed by atoms with van der Waals surface area (Å²) in [7, 11) is 1.64. The predicted octanol–water partition coefficient (Wildman–Crippen LogP) is 5.15. The Hall–Kier alpha value is -1.78. The van der Waals surface area contributed by atoms with Crippen LogP contribution in [0.1, 0.15) is 47.8 Å². The second kappa shape index (κ2) is 8.07. The number of pyridine rings is 1. The number of amides is 1. The molecule has 1 fully saturated rings. The van der Waals surface area contributed by atoms with Crippen molar-refractivity contribution in [3.8, 4) is 5.75 Å². The van der Waals surface area contributed by atoms with Gasteiger partial charge in [0.2, 0.25) is 0 Å². The molecule has 25 heavy (non-hydrogen) atoms. The molecule has 0 unspecified atom stereocenters. The molecule has 132 valence electrons. The standard InChI is InChI=1S/C19H20Cl2N2O2/c1-25-14-8-6-13(7-9-14)16-5-3-2-4-12-23(16)19(24)18-15(20)10-11-17(21)22-18/h6-11,16H,2-5,12H2,1H3/t16-/m0/s1. The lowest BCUT2D eigenvalue weighted by Crippen LogP contribution is -2.35. The molecule has 2 heterocycles. The number of benzene rings is 1. The summed E-state index contributed by atoms with van der Waals surface area (Å²) in [6, 6.07) is 11.1. The summed E-state index contributed by atoms with van der Waals surface area (Å²) in [4.78, 5) is 19.2. The quantitative estimate of drug-likeness (QED) is 0.693. The van der Waals surface area contributed by atoms with Gasteiger partial charge in [0.05, 0.1) is 18.2 Å². The third kappa shape index (κ3) is 4.07. The fraction of sp³-hybridized carbons (Fsp3) is 0.368. The summed E-state index contributed by atoms with van der Waals surface area (Å²) in [5.74, 6) is 0.630. The molecule has 1 aliphatic heterocycles. The summed E-state index contributed by atoms with van der Waals surface area (Å²) in [6.07, 6.45) is 4.07. The van der Waals surface area contributed by atoms with Crippen LogP contribution in [0.2, 0.25) is 10.2 Å². The number of hydrogen-bond donors (Lipinski definition) is 0. The zero-order valence-corrected chi connectivity index (χ0v) is 15.6. The lowest BCUT2D eigenvalue weighted by Gasteiger charge is -2.30. The van der Waals surface area contributed by atoms with Crippen molar-refractivity contribution in [2.75, 3.05) is 13.7 Å². The second-order valence-corrected chi connectivity index (χ2v) is 6.90. The molecule has 1 saturated heterocycles. The minimum absolute atomic E-state index is 0.00208. The highest BCUT2D eigenvalue weighted by Gasteiger charge is 2.29. The van der Waals surface area contributed by atoms with Crippen LogP contribution in [0.4, 0.5) is 0 Å². The monoisotopic (exact) mass is 378 g/mol. The molecule has 1 aliphatic rings. The fourth-order valence-electron chi connectivity index (χ4n) is 3.23. The molecule has 0 radical (unpaired) electrons. The van der Waals surface area contributed by atoms with Crippen LogP contribution in [-0.2, 0) is 0 Å². The van der Waals surface area contributed by atoms with Gasteiger partial charge in [0.25, 0.3) is 5.91 Å². The van der Waals surface area contributed by atoms with E-state index >= 15 is 0 Å². The molecular weight excluding hydrogens is 359 g/mol. The Morgan fingerprint density at radius 1 is 1.12 bits per heavy atom. The first-order chi connectivity index (χ1) is 12.1. The van der Waals surface area contributed by atoms with Gasteiger partial charge in [-0.3, -0.25) is 4.79 Å². The maximum Gasteiger partial charge on any atom is 0.274 e. The first kappa shape index (κ1) is 18.0. The molecule has 6 heteroatoms. The fourth-order valence-corrected chi connectivity index (χ4v) is 3.56. The van der Waals surface area contributed by atoms with E-state index in [1.54, 1.807) is 19.2 Å². The number of aromatic nitrogens is 1. The van der Waals surface area contributed by atoms with E-state index in [9.17, 15) is 4.79 Å². The molecule has 0 aliphatic carbocycles. The SMILES string of the molecule is COc1ccc([C@@H]2CCCCCN2C(=O)c2nc(Cl)ccc2Cl)cc1. The molecule has 1 aromatic heterocycles. The number of nitrogens with zero attached hydrogens (tertiary/aromatic N) is 2. The van der Waals surface area contributed by atoms with E-state index < -0.39 is 0 Å². The van der Waals surface area contributed by atoms with Gasteiger partial charge in [0, 0.05) is 6.54 Å². The highest BCUT2D eigenvalue weighted by molar-refractivity contribution is 6.34. The summed E-state index contributed by atoms with van der Waals surface area (Å²) < 4.78 is 5.23. The largest absolute Gasteiger partial charge is 0.497 e. The number of carbonyl (C=O) groups excluding carboxylic acids is 1. The molecule has 0 N–H and O–H groups in total. The van der Waals surface area contributed by atoms with E-state index in [1.807, 2.05) is 29.2 Å². The second-order valence-electron chi connectivity index (χ2n) is 6.10. The van der Waals surface area contributed by atoms with Crippen LogP contribution in [0.5, 0.6) is 5.75 Å². The summed E-state index contributed by atoms with van der Waals surface area (Å²) >= 11 is 12.2. The normalized spacial score (nSPS) is 17.9. The molecule has 1 aromatic carbocycles. The summed E-state index contributed by atoms with van der Waals surface area (Å²) in [6.45, 7) is 0.681. The molecule has 0 saturated carbocycles. The Labute approximate surface area is 157 Å². The van der Waals surface area contributed by atoms with Crippen molar-refractivity contribution >= 4 is 29.1 Å². The van der Waals surface area contributed by atoms with Crippen molar-refractivity contribution in [3.63, 3.8) is 0 Å². The Bertz CT molecular complexity index is 750. The van der Waals surface area contributed by atoms with Crippen molar-refractivity contribution in [2.24, 2.45) is 0 Å². The highest BCUT2D eigenvalue weighted by atomic mass is 35.5. The van der Waals surface area contributed by atoms with E-state index in [1.165, 1.54) is 0 Å². The van der Waals surface area contributed by atoms with Crippen molar-refractivity contribution in [1.29, 1.82) is 0 Å². The number of hydrogen-bond acceptors (Lipinski definition) is 3. The Morgan fingerprint density at radius 3 is 2.60 bits per heavy atom. The van der Waals surface area contributed by atoms with Crippen molar-refractivity contribution in [3.05, 3.63) is 57.8 Å². The van der Waals surface area contributed by atoms with Gasteiger partial charge in [-0.05, 0) is 42.7 Å². The molecular formula is C19H20Cl2N2O2. The van der Waals surface area contributed by atoms with Crippen LogP contribution in [0.15, 0.2) is 36.4 Å². The number of ether oxygens (including phenoxy) is 1. The molecule has 2 aromatic rings. The van der Waals surface area contributed by atoms with E-state index in [0.717, 1.165) is 37.0 Å². The topological polar surface area (TPSA) is 42.4 Å². The zero-order valence-electron chi connectivity index (χ0n) is 14.0. The molecule has 0 spiro atoms. The number of methoxy groups -OCH3 is 1. The minimum atomic E-state index is -0.171. The van der Waals surface area contributed by atoms with Gasteiger partial charge in [-0.15, -0.1) is 0 Å². The van der Waals surface area contributed by atoms with E-state index in [4.69, 9.17) is 27.9 Å². The summed E-state index contributed by atoms with van der Waals surface area (Å²) in [5.41, 5.74) is 1.31. The lowest BCUT2D eigenvalue weighted by molar-refractivity contribution is 0.0675. The van der Waals surface area contributed by atoms with Crippen molar-refractivity contribution < 1.29 is 9.53 Å². The third-order valence-corrected chi connectivity index (χ3v) is 5.04. The Balaban J connectivity index is 1.94. The van der Waals surface area contributed by atoms with Crippen LogP contribution < -0.4 is 4.74 Å². The van der Waals surface area contributed by atoms with Gasteiger partial charge >= 0.3 is 0 Å². The first-order valence-electron chi connectivity index (χ1n) is 8.37. The number of halogens is 2. The van der Waals surface area contributed by atoms with Crippen LogP contribution in [0.25, 0.3) is 0 Å². The average Bonchev–Trinajstić information content (AvgIpc) is 2.89. The molecule has 4 nitrogen and oxygen atoms in total. The minimum Gasteiger partial charge on any atom is -0.497 e. The van der Waals surface area contributed by atoms with Gasteiger partial charge in [0.15, 0.2) is 0 Å². The van der Waals surface area contributed by atoms with Crippen molar-refractivity contribution in [2.45, 2.75) is 31.7 Å². The van der Waals surface area contributed by atoms with Crippen LogP contribution >= 0.6 is 23.2 Å². The van der Waals surface area contributed by atoms with Gasteiger partial charge in [0.1, 0.15) is 16.6 Å². The van der Waals surface area contributed by atoms with Crippen LogP contribution in [-0.4, -0.2) is 29.4 Å². The first-order valence-corrected chi connectivity index (χ1v) is 9.12. The van der Waals surface area contributed by atoms with Gasteiger partial charge in [-0.1, -0.05) is 48.2 Å². The average molecular weight is 379 g/mol. The Kier molecular flexibility index (Phi) is 5.82. The lowest BCUT2D eigenvalue weighted by atomic mass is 10.0. The molecule has 3 rings (SSSR count). The number of likely N-dealkylation sites (tertiary alicyclic amines) is 1. The Morgan fingerprint density at radius 2 is 1.88 bits per heavy atom. The zero-order chi connectivity index (χ0) is 17.8. The highest BCUT2D eigenvalue weighted by Crippen LogP contribution is 2.33. The summed E-state index contributed by atoms with van der Waals surface area (Å²) in [5, 5.41) is 0.593.